The van der Waals surface area contributed by atoms with Gasteiger partial charge in [-0.05, 0) is 30.2 Å². The number of halogens is 1. The normalized spacial score (nSPS) is 14.9. The molecule has 3 rings (SSSR count). The van der Waals surface area contributed by atoms with Crippen molar-refractivity contribution in [3.8, 4) is 11.5 Å². The first-order valence-corrected chi connectivity index (χ1v) is 7.35. The van der Waals surface area contributed by atoms with Gasteiger partial charge in [0.2, 0.25) is 0 Å². The summed E-state index contributed by atoms with van der Waals surface area (Å²) in [5.74, 6) is 1.53. The third-order valence-electron chi connectivity index (χ3n) is 3.40. The van der Waals surface area contributed by atoms with E-state index in [0.29, 0.717) is 13.2 Å². The lowest BCUT2D eigenvalue weighted by molar-refractivity contribution is 0.171. The molecule has 20 heavy (non-hydrogen) atoms. The molecule has 0 fully saturated rings. The molecule has 1 atom stereocenters. The minimum atomic E-state index is -0.194. The highest BCUT2D eigenvalue weighted by Crippen LogP contribution is 2.38. The zero-order valence-electron chi connectivity index (χ0n) is 11.2. The van der Waals surface area contributed by atoms with Crippen LogP contribution in [0.1, 0.15) is 22.7 Å². The summed E-state index contributed by atoms with van der Waals surface area (Å²) in [6, 6.07) is 11.9. The smallest absolute Gasteiger partial charge is 0.162 e. The van der Waals surface area contributed by atoms with Gasteiger partial charge in [-0.3, -0.25) is 0 Å². The van der Waals surface area contributed by atoms with E-state index in [0.717, 1.165) is 27.1 Å². The van der Waals surface area contributed by atoms with E-state index in [-0.39, 0.29) is 6.04 Å². The van der Waals surface area contributed by atoms with Gasteiger partial charge >= 0.3 is 0 Å². The summed E-state index contributed by atoms with van der Waals surface area (Å²) in [5, 5.41) is 0. The summed E-state index contributed by atoms with van der Waals surface area (Å²) in [7, 11) is 0. The number of benzene rings is 2. The first kappa shape index (κ1) is 13.5. The van der Waals surface area contributed by atoms with Gasteiger partial charge in [-0.1, -0.05) is 45.8 Å². The molecule has 1 heterocycles. The maximum atomic E-state index is 6.39. The fourth-order valence-corrected chi connectivity index (χ4v) is 2.93. The third-order valence-corrected chi connectivity index (χ3v) is 4.08. The van der Waals surface area contributed by atoms with E-state index in [9.17, 15) is 0 Å². The van der Waals surface area contributed by atoms with Crippen molar-refractivity contribution in [1.29, 1.82) is 0 Å². The van der Waals surface area contributed by atoms with Crippen LogP contribution >= 0.6 is 15.9 Å². The van der Waals surface area contributed by atoms with Crippen LogP contribution in [-0.4, -0.2) is 13.2 Å². The van der Waals surface area contributed by atoms with Crippen LogP contribution in [0, 0.1) is 6.92 Å². The van der Waals surface area contributed by atoms with Crippen LogP contribution in [0.3, 0.4) is 0 Å². The molecule has 3 nitrogen and oxygen atoms in total. The van der Waals surface area contributed by atoms with Crippen LogP contribution in [0.5, 0.6) is 11.5 Å². The molecule has 0 aromatic heterocycles. The fraction of sp³-hybridized carbons (Fsp3) is 0.250. The van der Waals surface area contributed by atoms with Crippen LogP contribution in [0.2, 0.25) is 0 Å². The lowest BCUT2D eigenvalue weighted by atomic mass is 9.98. The number of hydrogen-bond donors (Lipinski definition) is 1. The van der Waals surface area contributed by atoms with E-state index >= 15 is 0 Å². The van der Waals surface area contributed by atoms with Gasteiger partial charge in [0, 0.05) is 4.47 Å². The molecule has 2 aromatic carbocycles. The second-order valence-electron chi connectivity index (χ2n) is 4.91. The maximum absolute atomic E-state index is 6.39. The molecular weight excluding hydrogens is 318 g/mol. The van der Waals surface area contributed by atoms with Crippen molar-refractivity contribution in [1.82, 2.24) is 0 Å². The van der Waals surface area contributed by atoms with E-state index in [4.69, 9.17) is 15.2 Å². The van der Waals surface area contributed by atoms with Crippen molar-refractivity contribution in [2.75, 3.05) is 13.2 Å². The highest BCUT2D eigenvalue weighted by Gasteiger charge is 2.19. The first-order valence-electron chi connectivity index (χ1n) is 6.56. The van der Waals surface area contributed by atoms with Gasteiger partial charge in [0.15, 0.2) is 11.5 Å². The zero-order valence-corrected chi connectivity index (χ0v) is 12.8. The van der Waals surface area contributed by atoms with Crippen molar-refractivity contribution in [3.05, 3.63) is 57.6 Å². The Kier molecular flexibility index (Phi) is 3.68. The fourth-order valence-electron chi connectivity index (χ4n) is 2.36. The summed E-state index contributed by atoms with van der Waals surface area (Å²) < 4.78 is 12.1. The Morgan fingerprint density at radius 1 is 1.10 bits per heavy atom. The highest BCUT2D eigenvalue weighted by atomic mass is 79.9. The van der Waals surface area contributed by atoms with E-state index in [2.05, 4.69) is 35.0 Å². The molecular formula is C16H16BrNO2. The summed E-state index contributed by atoms with van der Waals surface area (Å²) in [5.41, 5.74) is 9.68. The Hall–Kier alpha value is -1.52. The Balaban J connectivity index is 2.01. The number of hydrogen-bond acceptors (Lipinski definition) is 3. The standard InChI is InChI=1S/C16H16BrNO2/c1-10-3-2-4-11(7-10)16(18)12-8-14-15(9-13(12)17)20-6-5-19-14/h2-4,7-9,16H,5-6,18H2,1H3. The summed E-state index contributed by atoms with van der Waals surface area (Å²) in [6.45, 7) is 3.23. The Morgan fingerprint density at radius 3 is 2.50 bits per heavy atom. The molecule has 0 spiro atoms. The van der Waals surface area contributed by atoms with Crippen molar-refractivity contribution in [2.24, 2.45) is 5.73 Å². The molecule has 1 unspecified atom stereocenters. The molecule has 0 saturated carbocycles. The molecule has 0 saturated heterocycles. The van der Waals surface area contributed by atoms with Crippen LogP contribution in [0.15, 0.2) is 40.9 Å². The number of nitrogens with two attached hydrogens (primary N) is 1. The van der Waals surface area contributed by atoms with Gasteiger partial charge in [-0.15, -0.1) is 0 Å². The maximum Gasteiger partial charge on any atom is 0.162 e. The van der Waals surface area contributed by atoms with Gasteiger partial charge in [0.1, 0.15) is 13.2 Å². The predicted octanol–water partition coefficient (Wildman–Crippen LogP) is 3.58. The molecule has 4 heteroatoms. The van der Waals surface area contributed by atoms with Gasteiger partial charge in [0.05, 0.1) is 6.04 Å². The largest absolute Gasteiger partial charge is 0.486 e. The number of rotatable bonds is 2. The molecule has 2 N–H and O–H groups in total. The highest BCUT2D eigenvalue weighted by molar-refractivity contribution is 9.10. The third kappa shape index (κ3) is 2.53. The molecule has 1 aliphatic heterocycles. The Bertz CT molecular complexity index is 642. The Labute approximate surface area is 126 Å². The van der Waals surface area contributed by atoms with Crippen molar-refractivity contribution >= 4 is 15.9 Å². The molecule has 104 valence electrons. The average molecular weight is 334 g/mol. The molecule has 0 bridgehead atoms. The molecule has 0 aliphatic carbocycles. The number of aryl methyl sites for hydroxylation is 1. The topological polar surface area (TPSA) is 44.5 Å². The van der Waals surface area contributed by atoms with E-state index in [1.54, 1.807) is 0 Å². The van der Waals surface area contributed by atoms with E-state index < -0.39 is 0 Å². The predicted molar refractivity (Wildman–Crippen MR) is 82.3 cm³/mol. The van der Waals surface area contributed by atoms with Gasteiger partial charge in [-0.2, -0.15) is 0 Å². The van der Waals surface area contributed by atoms with Crippen molar-refractivity contribution in [2.45, 2.75) is 13.0 Å². The van der Waals surface area contributed by atoms with Crippen molar-refractivity contribution in [3.63, 3.8) is 0 Å². The monoisotopic (exact) mass is 333 g/mol. The number of ether oxygens (including phenoxy) is 2. The van der Waals surface area contributed by atoms with Gasteiger partial charge in [-0.25, -0.2) is 0 Å². The van der Waals surface area contributed by atoms with Crippen LogP contribution in [0.4, 0.5) is 0 Å². The average Bonchev–Trinajstić information content (AvgIpc) is 2.46. The van der Waals surface area contributed by atoms with Crippen LogP contribution < -0.4 is 15.2 Å². The first-order chi connectivity index (χ1) is 9.65. The molecule has 2 aromatic rings. The number of fused-ring (bicyclic) bond motifs is 1. The molecule has 0 radical (unpaired) electrons. The van der Waals surface area contributed by atoms with Gasteiger partial charge < -0.3 is 15.2 Å². The van der Waals surface area contributed by atoms with Crippen LogP contribution in [0.25, 0.3) is 0 Å². The van der Waals surface area contributed by atoms with Crippen LogP contribution in [-0.2, 0) is 0 Å². The van der Waals surface area contributed by atoms with E-state index in [1.807, 2.05) is 24.3 Å². The molecule has 1 aliphatic rings. The second kappa shape index (κ2) is 5.46. The van der Waals surface area contributed by atoms with Crippen molar-refractivity contribution < 1.29 is 9.47 Å². The summed E-state index contributed by atoms with van der Waals surface area (Å²) in [6.07, 6.45) is 0. The minimum absolute atomic E-state index is 0.194. The SMILES string of the molecule is Cc1cccc(C(N)c2cc3c(cc2Br)OCCO3)c1. The quantitative estimate of drug-likeness (QED) is 0.913. The van der Waals surface area contributed by atoms with E-state index in [1.165, 1.54) is 5.56 Å². The summed E-state index contributed by atoms with van der Waals surface area (Å²) in [4.78, 5) is 0. The lowest BCUT2D eigenvalue weighted by Gasteiger charge is -2.22. The molecule has 0 amide bonds. The Morgan fingerprint density at radius 2 is 1.80 bits per heavy atom. The second-order valence-corrected chi connectivity index (χ2v) is 5.76. The summed E-state index contributed by atoms with van der Waals surface area (Å²) >= 11 is 3.58. The van der Waals surface area contributed by atoms with Gasteiger partial charge in [0.25, 0.3) is 0 Å². The lowest BCUT2D eigenvalue weighted by Crippen LogP contribution is -2.17. The minimum Gasteiger partial charge on any atom is -0.486 e. The zero-order chi connectivity index (χ0) is 14.1.